The van der Waals surface area contributed by atoms with Gasteiger partial charge in [-0.1, -0.05) is 67.9 Å². The zero-order valence-corrected chi connectivity index (χ0v) is 28.0. The second-order valence-electron chi connectivity index (χ2n) is 13.6. The van der Waals surface area contributed by atoms with E-state index in [-0.39, 0.29) is 22.4 Å². The number of ketones is 2. The van der Waals surface area contributed by atoms with Gasteiger partial charge in [0.2, 0.25) is 0 Å². The first-order chi connectivity index (χ1) is 20.4. The highest BCUT2D eigenvalue weighted by Gasteiger charge is 2.48. The van der Waals surface area contributed by atoms with Gasteiger partial charge in [-0.05, 0) is 73.3 Å². The summed E-state index contributed by atoms with van der Waals surface area (Å²) < 4.78 is 13.7. The van der Waals surface area contributed by atoms with Crippen LogP contribution in [0.5, 0.6) is 11.5 Å². The molecule has 3 aliphatic rings. The number of benzene rings is 2. The van der Waals surface area contributed by atoms with Crippen LogP contribution in [-0.2, 0) is 22.6 Å². The van der Waals surface area contributed by atoms with Crippen LogP contribution < -0.4 is 9.47 Å². The van der Waals surface area contributed by atoms with Crippen LogP contribution in [0.3, 0.4) is 0 Å². The lowest BCUT2D eigenvalue weighted by atomic mass is 9.63. The van der Waals surface area contributed by atoms with Gasteiger partial charge in [0, 0.05) is 57.9 Å². The molecule has 5 rings (SSSR count). The molecule has 2 aromatic carbocycles. The number of allylic oxidation sites excluding steroid dienone is 5. The van der Waals surface area contributed by atoms with Crippen molar-refractivity contribution in [2.45, 2.75) is 86.2 Å². The Labute approximate surface area is 265 Å². The fourth-order valence-corrected chi connectivity index (χ4v) is 7.35. The van der Waals surface area contributed by atoms with Crippen LogP contribution in [-0.4, -0.2) is 29.6 Å². The number of Topliss-reactive ketones (excluding diaryl/α,β-unsaturated/α-hetero) is 2. The van der Waals surface area contributed by atoms with Crippen LogP contribution in [0, 0.1) is 10.8 Å². The van der Waals surface area contributed by atoms with Crippen molar-refractivity contribution in [3.63, 3.8) is 0 Å². The molecule has 0 saturated heterocycles. The molecule has 0 unspecified atom stereocenters. The fraction of sp³-hybridized carbons (Fsp3) is 0.459. The lowest BCUT2D eigenvalue weighted by Crippen LogP contribution is -2.44. The molecule has 0 atom stereocenters. The summed E-state index contributed by atoms with van der Waals surface area (Å²) in [7, 11) is 0. The van der Waals surface area contributed by atoms with Crippen molar-refractivity contribution >= 4 is 27.5 Å². The van der Waals surface area contributed by atoms with Crippen LogP contribution >= 0.6 is 15.9 Å². The predicted octanol–water partition coefficient (Wildman–Crippen LogP) is 8.86. The normalized spacial score (nSPS) is 19.7. The van der Waals surface area contributed by atoms with Crippen molar-refractivity contribution in [1.82, 2.24) is 4.90 Å². The molecule has 228 valence electrons. The van der Waals surface area contributed by atoms with E-state index in [0.29, 0.717) is 44.0 Å². The Kier molecular flexibility index (Phi) is 8.82. The molecule has 0 spiro atoms. The number of hydrogen-bond donors (Lipinski definition) is 0. The Morgan fingerprint density at radius 1 is 0.907 bits per heavy atom. The van der Waals surface area contributed by atoms with Crippen molar-refractivity contribution in [3.8, 4) is 11.5 Å². The van der Waals surface area contributed by atoms with Crippen molar-refractivity contribution in [2.75, 3.05) is 13.2 Å². The molecular weight excluding hydrogens is 602 g/mol. The van der Waals surface area contributed by atoms with Crippen LogP contribution in [0.1, 0.15) is 89.8 Å². The van der Waals surface area contributed by atoms with E-state index in [0.717, 1.165) is 63.1 Å². The van der Waals surface area contributed by atoms with Gasteiger partial charge in [-0.2, -0.15) is 0 Å². The standard InChI is InChI=1S/C37H44BrNO4/c1-8-11-24-16-25(17-31(42-10-3)35(24)43-22-23-12-14-26(38)15-13-23)32-33-27(18-36(4,5)20-29(33)40)39(9-2)28-19-37(6,7)21-30(41)34(28)32/h8,12-17,32H,1,9-11,18-22H2,2-7H3. The molecule has 5 nitrogen and oxygen atoms in total. The molecule has 6 heteroatoms. The first-order valence-electron chi connectivity index (χ1n) is 15.5. The van der Waals surface area contributed by atoms with Gasteiger partial charge >= 0.3 is 0 Å². The summed E-state index contributed by atoms with van der Waals surface area (Å²) in [6.45, 7) is 18.4. The third-order valence-corrected chi connectivity index (χ3v) is 9.31. The third kappa shape index (κ3) is 6.26. The summed E-state index contributed by atoms with van der Waals surface area (Å²) in [6, 6.07) is 12.2. The van der Waals surface area contributed by atoms with E-state index in [9.17, 15) is 9.59 Å². The number of carbonyl (C=O) groups excluding carboxylic acids is 2. The molecule has 2 aliphatic carbocycles. The molecule has 1 aliphatic heterocycles. The zero-order chi connectivity index (χ0) is 31.1. The number of halogens is 1. The highest BCUT2D eigenvalue weighted by Crippen LogP contribution is 2.55. The lowest BCUT2D eigenvalue weighted by Gasteiger charge is -2.49. The second-order valence-corrected chi connectivity index (χ2v) is 14.5. The van der Waals surface area contributed by atoms with Crippen molar-refractivity contribution < 1.29 is 19.1 Å². The SMILES string of the molecule is C=CCc1cc(C2C3=C(CC(C)(C)CC3=O)N(CC)C3=C2C(=O)CC(C)(C)C3)cc(OCC)c1OCc1ccc(Br)cc1. The number of ether oxygens (including phenoxy) is 2. The molecule has 43 heavy (non-hydrogen) atoms. The Hall–Kier alpha value is -3.12. The van der Waals surface area contributed by atoms with Crippen LogP contribution in [0.25, 0.3) is 0 Å². The minimum absolute atomic E-state index is 0.137. The van der Waals surface area contributed by atoms with E-state index in [1.165, 1.54) is 0 Å². The van der Waals surface area contributed by atoms with Crippen LogP contribution in [0.15, 0.2) is 76.1 Å². The van der Waals surface area contributed by atoms with E-state index in [1.54, 1.807) is 0 Å². The fourth-order valence-electron chi connectivity index (χ4n) is 7.08. The smallest absolute Gasteiger partial charge is 0.165 e. The lowest BCUT2D eigenvalue weighted by molar-refractivity contribution is -0.119. The topological polar surface area (TPSA) is 55.8 Å². The molecule has 0 bridgehead atoms. The second kappa shape index (κ2) is 12.1. The molecule has 0 aromatic heterocycles. The summed E-state index contributed by atoms with van der Waals surface area (Å²) in [5.74, 6) is 1.15. The Bertz CT molecular complexity index is 1460. The molecule has 0 radical (unpaired) electrons. The maximum Gasteiger partial charge on any atom is 0.165 e. The third-order valence-electron chi connectivity index (χ3n) is 8.79. The first kappa shape index (κ1) is 31.3. The van der Waals surface area contributed by atoms with Gasteiger partial charge in [0.25, 0.3) is 0 Å². The number of hydrogen-bond acceptors (Lipinski definition) is 5. The average Bonchev–Trinajstić information content (AvgIpc) is 2.91. The number of carbonyl (C=O) groups is 2. The van der Waals surface area contributed by atoms with Crippen molar-refractivity contribution in [3.05, 3.63) is 92.8 Å². The quantitative estimate of drug-likeness (QED) is 0.255. The Morgan fingerprint density at radius 3 is 2.00 bits per heavy atom. The minimum atomic E-state index is -0.428. The number of nitrogens with zero attached hydrogens (tertiary/aromatic N) is 1. The van der Waals surface area contributed by atoms with Crippen molar-refractivity contribution in [1.29, 1.82) is 0 Å². The van der Waals surface area contributed by atoms with E-state index >= 15 is 0 Å². The summed E-state index contributed by atoms with van der Waals surface area (Å²) in [5, 5.41) is 0. The van der Waals surface area contributed by atoms with Gasteiger partial charge in [0.05, 0.1) is 6.61 Å². The van der Waals surface area contributed by atoms with Gasteiger partial charge in [-0.3, -0.25) is 9.59 Å². The maximum atomic E-state index is 14.1. The van der Waals surface area contributed by atoms with Gasteiger partial charge in [0.15, 0.2) is 23.1 Å². The van der Waals surface area contributed by atoms with Crippen LogP contribution in [0.4, 0.5) is 0 Å². The summed E-state index contributed by atoms with van der Waals surface area (Å²) in [5.41, 5.74) is 6.32. The summed E-state index contributed by atoms with van der Waals surface area (Å²) in [4.78, 5) is 30.4. The monoisotopic (exact) mass is 645 g/mol. The van der Waals surface area contributed by atoms with Crippen LogP contribution in [0.2, 0.25) is 0 Å². The molecule has 1 heterocycles. The minimum Gasteiger partial charge on any atom is -0.490 e. The highest BCUT2D eigenvalue weighted by atomic mass is 79.9. The zero-order valence-electron chi connectivity index (χ0n) is 26.4. The number of rotatable bonds is 9. The van der Waals surface area contributed by atoms with Gasteiger partial charge in [-0.25, -0.2) is 0 Å². The van der Waals surface area contributed by atoms with E-state index in [1.807, 2.05) is 43.3 Å². The van der Waals surface area contributed by atoms with Gasteiger partial charge in [0.1, 0.15) is 6.61 Å². The molecule has 0 saturated carbocycles. The Balaban J connectivity index is 1.70. The van der Waals surface area contributed by atoms with Gasteiger partial charge in [-0.15, -0.1) is 6.58 Å². The van der Waals surface area contributed by atoms with Crippen molar-refractivity contribution in [2.24, 2.45) is 10.8 Å². The summed E-state index contributed by atoms with van der Waals surface area (Å²) in [6.07, 6.45) is 4.96. The molecule has 0 N–H and O–H groups in total. The maximum absolute atomic E-state index is 14.1. The largest absolute Gasteiger partial charge is 0.490 e. The van der Waals surface area contributed by atoms with E-state index in [2.05, 4.69) is 68.1 Å². The first-order valence-corrected chi connectivity index (χ1v) is 16.2. The molecule has 0 fully saturated rings. The highest BCUT2D eigenvalue weighted by molar-refractivity contribution is 9.10. The predicted molar refractivity (Wildman–Crippen MR) is 175 cm³/mol. The molecule has 0 amide bonds. The van der Waals surface area contributed by atoms with Gasteiger partial charge < -0.3 is 14.4 Å². The molecule has 2 aromatic rings. The molecular formula is C37H44BrNO4. The van der Waals surface area contributed by atoms with E-state index in [4.69, 9.17) is 9.47 Å². The average molecular weight is 647 g/mol. The Morgan fingerprint density at radius 2 is 1.49 bits per heavy atom. The van der Waals surface area contributed by atoms with E-state index < -0.39 is 5.92 Å². The summed E-state index contributed by atoms with van der Waals surface area (Å²) >= 11 is 3.50.